The Labute approximate surface area is 116 Å². The summed E-state index contributed by atoms with van der Waals surface area (Å²) in [5.41, 5.74) is 0. The third kappa shape index (κ3) is 5.76. The van der Waals surface area contributed by atoms with Gasteiger partial charge in [-0.1, -0.05) is 91.9 Å². The fourth-order valence-corrected chi connectivity index (χ4v) is 3.63. The van der Waals surface area contributed by atoms with Crippen LogP contribution in [0.5, 0.6) is 0 Å². The average molecular weight is 252 g/mol. The van der Waals surface area contributed by atoms with Gasteiger partial charge in [-0.3, -0.25) is 0 Å². The molecule has 0 radical (unpaired) electrons. The van der Waals surface area contributed by atoms with E-state index in [1.165, 1.54) is 64.2 Å². The van der Waals surface area contributed by atoms with Crippen molar-refractivity contribution in [2.75, 3.05) is 0 Å². The van der Waals surface area contributed by atoms with Crippen LogP contribution >= 0.6 is 0 Å². The van der Waals surface area contributed by atoms with Gasteiger partial charge in [0.2, 0.25) is 0 Å². The van der Waals surface area contributed by atoms with E-state index in [0.717, 1.165) is 23.7 Å². The van der Waals surface area contributed by atoms with Gasteiger partial charge in [0.1, 0.15) is 0 Å². The summed E-state index contributed by atoms with van der Waals surface area (Å²) in [7, 11) is 0. The Bertz CT molecular complexity index is 188. The van der Waals surface area contributed by atoms with Gasteiger partial charge in [-0.05, 0) is 23.7 Å². The highest BCUT2D eigenvalue weighted by molar-refractivity contribution is 4.74. The third-order valence-corrected chi connectivity index (χ3v) is 5.35. The zero-order valence-corrected chi connectivity index (χ0v) is 13.4. The van der Waals surface area contributed by atoms with Crippen LogP contribution < -0.4 is 0 Å². The summed E-state index contributed by atoms with van der Waals surface area (Å²) in [5, 5.41) is 0. The summed E-state index contributed by atoms with van der Waals surface area (Å²) in [6.07, 6.45) is 14.9. The first-order valence-corrected chi connectivity index (χ1v) is 8.65. The molecule has 0 saturated heterocycles. The summed E-state index contributed by atoms with van der Waals surface area (Å²) in [5.74, 6) is 3.91. The SMILES string of the molecule is CCC[C@@H](CCCC(C)C(C)C)C1CCCCC1. The van der Waals surface area contributed by atoms with E-state index in [2.05, 4.69) is 27.7 Å². The van der Waals surface area contributed by atoms with Gasteiger partial charge in [-0.2, -0.15) is 0 Å². The Hall–Kier alpha value is 0. The van der Waals surface area contributed by atoms with E-state index in [-0.39, 0.29) is 0 Å². The molecule has 0 aromatic heterocycles. The molecule has 1 rings (SSSR count). The molecule has 2 atom stereocenters. The second-order valence-electron chi connectivity index (χ2n) is 7.10. The molecule has 0 heteroatoms. The normalized spacial score (nSPS) is 21.2. The Morgan fingerprint density at radius 3 is 2.11 bits per heavy atom. The van der Waals surface area contributed by atoms with Crippen molar-refractivity contribution in [2.24, 2.45) is 23.7 Å². The van der Waals surface area contributed by atoms with Gasteiger partial charge >= 0.3 is 0 Å². The van der Waals surface area contributed by atoms with Crippen LogP contribution in [-0.4, -0.2) is 0 Å². The molecular formula is C18H36. The lowest BCUT2D eigenvalue weighted by Gasteiger charge is -2.30. The number of hydrogen-bond acceptors (Lipinski definition) is 0. The van der Waals surface area contributed by atoms with E-state index in [0.29, 0.717) is 0 Å². The molecule has 0 bridgehead atoms. The zero-order valence-electron chi connectivity index (χ0n) is 13.4. The van der Waals surface area contributed by atoms with Crippen LogP contribution in [0.15, 0.2) is 0 Å². The fraction of sp³-hybridized carbons (Fsp3) is 1.00. The van der Waals surface area contributed by atoms with Crippen LogP contribution in [0.1, 0.15) is 91.9 Å². The highest BCUT2D eigenvalue weighted by Gasteiger charge is 2.22. The third-order valence-electron chi connectivity index (χ3n) is 5.35. The van der Waals surface area contributed by atoms with Crippen molar-refractivity contribution in [3.8, 4) is 0 Å². The molecule has 1 saturated carbocycles. The molecule has 0 aliphatic heterocycles. The van der Waals surface area contributed by atoms with Crippen molar-refractivity contribution < 1.29 is 0 Å². The van der Waals surface area contributed by atoms with Crippen LogP contribution in [-0.2, 0) is 0 Å². The van der Waals surface area contributed by atoms with Gasteiger partial charge < -0.3 is 0 Å². The molecule has 0 nitrogen and oxygen atoms in total. The van der Waals surface area contributed by atoms with E-state index in [1.54, 1.807) is 0 Å². The Morgan fingerprint density at radius 1 is 0.889 bits per heavy atom. The highest BCUT2D eigenvalue weighted by atomic mass is 14.3. The maximum Gasteiger partial charge on any atom is -0.0386 e. The first kappa shape index (κ1) is 16.1. The predicted molar refractivity (Wildman–Crippen MR) is 82.8 cm³/mol. The molecule has 0 aromatic carbocycles. The number of hydrogen-bond donors (Lipinski definition) is 0. The van der Waals surface area contributed by atoms with Crippen molar-refractivity contribution in [1.29, 1.82) is 0 Å². The largest absolute Gasteiger partial charge is 0.0654 e. The summed E-state index contributed by atoms with van der Waals surface area (Å²) < 4.78 is 0. The first-order chi connectivity index (χ1) is 8.65. The second kappa shape index (κ2) is 8.99. The van der Waals surface area contributed by atoms with E-state index in [4.69, 9.17) is 0 Å². The molecular weight excluding hydrogens is 216 g/mol. The molecule has 0 N–H and O–H groups in total. The van der Waals surface area contributed by atoms with Crippen LogP contribution in [0.4, 0.5) is 0 Å². The van der Waals surface area contributed by atoms with Crippen LogP contribution in [0.2, 0.25) is 0 Å². The molecule has 18 heavy (non-hydrogen) atoms. The zero-order chi connectivity index (χ0) is 13.4. The monoisotopic (exact) mass is 252 g/mol. The lowest BCUT2D eigenvalue weighted by molar-refractivity contribution is 0.213. The van der Waals surface area contributed by atoms with E-state index < -0.39 is 0 Å². The summed E-state index contributed by atoms with van der Waals surface area (Å²) in [6.45, 7) is 9.54. The minimum atomic E-state index is 0.865. The van der Waals surface area contributed by atoms with Gasteiger partial charge in [0, 0.05) is 0 Å². The predicted octanol–water partition coefficient (Wildman–Crippen LogP) is 6.45. The minimum Gasteiger partial charge on any atom is -0.0654 e. The molecule has 0 amide bonds. The smallest absolute Gasteiger partial charge is 0.0386 e. The highest BCUT2D eigenvalue weighted by Crippen LogP contribution is 2.35. The summed E-state index contributed by atoms with van der Waals surface area (Å²) in [6, 6.07) is 0. The van der Waals surface area contributed by atoms with Gasteiger partial charge in [0.15, 0.2) is 0 Å². The minimum absolute atomic E-state index is 0.865. The van der Waals surface area contributed by atoms with Crippen LogP contribution in [0.3, 0.4) is 0 Å². The van der Waals surface area contributed by atoms with Crippen molar-refractivity contribution in [3.05, 3.63) is 0 Å². The Kier molecular flexibility index (Phi) is 8.02. The first-order valence-electron chi connectivity index (χ1n) is 8.65. The van der Waals surface area contributed by atoms with Crippen LogP contribution in [0.25, 0.3) is 0 Å². The lowest BCUT2D eigenvalue weighted by atomic mass is 9.75. The molecule has 0 spiro atoms. The fourth-order valence-electron chi connectivity index (χ4n) is 3.63. The van der Waals surface area contributed by atoms with Crippen LogP contribution in [0, 0.1) is 23.7 Å². The Morgan fingerprint density at radius 2 is 1.56 bits per heavy atom. The quantitative estimate of drug-likeness (QED) is 0.466. The molecule has 0 aromatic rings. The maximum absolute atomic E-state index is 2.43. The topological polar surface area (TPSA) is 0 Å². The molecule has 1 fully saturated rings. The number of rotatable bonds is 8. The van der Waals surface area contributed by atoms with Crippen molar-refractivity contribution in [3.63, 3.8) is 0 Å². The standard InChI is InChI=1S/C18H36/c1-5-10-17(18-12-7-6-8-13-18)14-9-11-16(4)15(2)3/h15-18H,5-14H2,1-4H3/t16?,17-/m0/s1. The lowest BCUT2D eigenvalue weighted by Crippen LogP contribution is -2.18. The summed E-state index contributed by atoms with van der Waals surface area (Å²) >= 11 is 0. The Balaban J connectivity index is 2.28. The van der Waals surface area contributed by atoms with Gasteiger partial charge in [-0.25, -0.2) is 0 Å². The van der Waals surface area contributed by atoms with Crippen molar-refractivity contribution in [1.82, 2.24) is 0 Å². The van der Waals surface area contributed by atoms with E-state index >= 15 is 0 Å². The van der Waals surface area contributed by atoms with E-state index in [1.807, 2.05) is 0 Å². The second-order valence-corrected chi connectivity index (χ2v) is 7.10. The van der Waals surface area contributed by atoms with Crippen molar-refractivity contribution in [2.45, 2.75) is 91.9 Å². The van der Waals surface area contributed by atoms with Gasteiger partial charge in [0.05, 0.1) is 0 Å². The van der Waals surface area contributed by atoms with Gasteiger partial charge in [0.25, 0.3) is 0 Å². The average Bonchev–Trinajstić information content (AvgIpc) is 2.38. The molecule has 0 heterocycles. The van der Waals surface area contributed by atoms with E-state index in [9.17, 15) is 0 Å². The summed E-state index contributed by atoms with van der Waals surface area (Å²) in [4.78, 5) is 0. The molecule has 108 valence electrons. The maximum atomic E-state index is 2.43. The van der Waals surface area contributed by atoms with Crippen molar-refractivity contribution >= 4 is 0 Å². The molecule has 1 unspecified atom stereocenters. The molecule has 1 aliphatic rings. The van der Waals surface area contributed by atoms with Gasteiger partial charge in [-0.15, -0.1) is 0 Å². The molecule has 1 aliphatic carbocycles.